The monoisotopic (exact) mass is 340 g/mol. The maximum atomic E-state index is 4.47. The fourth-order valence-electron chi connectivity index (χ4n) is 2.52. The third-order valence-electron chi connectivity index (χ3n) is 3.70. The van der Waals surface area contributed by atoms with Crippen LogP contribution in [-0.4, -0.2) is 11.5 Å². The summed E-state index contributed by atoms with van der Waals surface area (Å²) in [6.45, 7) is 3.03. The smallest absolute Gasteiger partial charge is 0.133 e. The van der Waals surface area contributed by atoms with E-state index in [1.54, 1.807) is 0 Å². The maximum Gasteiger partial charge on any atom is 0.133 e. The molecular formula is C18H17BrN2. The highest BCUT2D eigenvalue weighted by Crippen LogP contribution is 2.27. The number of hydrogen-bond donors (Lipinski definition) is 1. The second-order valence-corrected chi connectivity index (χ2v) is 5.95. The van der Waals surface area contributed by atoms with Gasteiger partial charge in [0.1, 0.15) is 5.82 Å². The number of nitrogens with one attached hydrogen (secondary N) is 1. The van der Waals surface area contributed by atoms with Crippen LogP contribution in [0.2, 0.25) is 0 Å². The summed E-state index contributed by atoms with van der Waals surface area (Å²) in [6, 6.07) is 16.7. The molecule has 2 nitrogen and oxygen atoms in total. The van der Waals surface area contributed by atoms with Gasteiger partial charge in [-0.2, -0.15) is 0 Å². The third-order valence-corrected chi connectivity index (χ3v) is 4.39. The van der Waals surface area contributed by atoms with Crippen LogP contribution in [-0.2, 0) is 6.42 Å². The molecule has 3 heteroatoms. The Kier molecular flexibility index (Phi) is 4.20. The summed E-state index contributed by atoms with van der Waals surface area (Å²) in [7, 11) is 0. The van der Waals surface area contributed by atoms with Crippen LogP contribution in [0.4, 0.5) is 5.82 Å². The zero-order chi connectivity index (χ0) is 14.7. The molecule has 1 N–H and O–H groups in total. The topological polar surface area (TPSA) is 24.9 Å². The Morgan fingerprint density at radius 1 is 1.00 bits per heavy atom. The third kappa shape index (κ3) is 3.08. The molecule has 1 heterocycles. The van der Waals surface area contributed by atoms with E-state index in [2.05, 4.69) is 69.6 Å². The molecule has 0 saturated heterocycles. The van der Waals surface area contributed by atoms with Gasteiger partial charge >= 0.3 is 0 Å². The Morgan fingerprint density at radius 3 is 2.71 bits per heavy atom. The van der Waals surface area contributed by atoms with E-state index in [1.807, 2.05) is 18.3 Å². The first-order chi connectivity index (χ1) is 10.3. The zero-order valence-corrected chi connectivity index (χ0v) is 13.5. The lowest BCUT2D eigenvalue weighted by molar-refractivity contribution is 0.997. The molecule has 0 spiro atoms. The van der Waals surface area contributed by atoms with E-state index in [0.29, 0.717) is 0 Å². The Morgan fingerprint density at radius 2 is 1.86 bits per heavy atom. The predicted octanol–water partition coefficient (Wildman–Crippen LogP) is 4.96. The minimum Gasteiger partial charge on any atom is -0.369 e. The molecule has 0 fully saturated rings. The van der Waals surface area contributed by atoms with Crippen molar-refractivity contribution in [2.75, 3.05) is 11.9 Å². The molecule has 0 unspecified atom stereocenters. The fourth-order valence-corrected chi connectivity index (χ4v) is 3.01. The van der Waals surface area contributed by atoms with Gasteiger partial charge in [-0.25, -0.2) is 4.98 Å². The molecular weight excluding hydrogens is 324 g/mol. The summed E-state index contributed by atoms with van der Waals surface area (Å²) in [5.74, 6) is 0.947. The number of halogens is 1. The van der Waals surface area contributed by atoms with Crippen molar-refractivity contribution in [1.82, 2.24) is 4.98 Å². The van der Waals surface area contributed by atoms with Crippen molar-refractivity contribution in [1.29, 1.82) is 0 Å². The first-order valence-corrected chi connectivity index (χ1v) is 7.86. The maximum absolute atomic E-state index is 4.47. The molecule has 1 aromatic heterocycles. The standard InChI is InChI=1S/C18H17BrN2/c1-13-5-2-3-6-14(13)9-11-20-18-16-7-4-8-17(19)15(16)10-12-21-18/h2-8,10,12H,9,11H2,1H3,(H,20,21). The van der Waals surface area contributed by atoms with Crippen LogP contribution in [0.1, 0.15) is 11.1 Å². The van der Waals surface area contributed by atoms with Gasteiger partial charge < -0.3 is 5.32 Å². The molecule has 0 bridgehead atoms. The predicted molar refractivity (Wildman–Crippen MR) is 92.8 cm³/mol. The molecule has 0 aliphatic heterocycles. The van der Waals surface area contributed by atoms with Crippen LogP contribution in [0.3, 0.4) is 0 Å². The highest BCUT2D eigenvalue weighted by molar-refractivity contribution is 9.10. The lowest BCUT2D eigenvalue weighted by Gasteiger charge is -2.10. The van der Waals surface area contributed by atoms with Crippen molar-refractivity contribution in [3.05, 3.63) is 70.3 Å². The van der Waals surface area contributed by atoms with E-state index >= 15 is 0 Å². The number of fused-ring (bicyclic) bond motifs is 1. The Bertz CT molecular complexity index is 768. The van der Waals surface area contributed by atoms with Gasteiger partial charge in [-0.15, -0.1) is 0 Å². The van der Waals surface area contributed by atoms with E-state index in [0.717, 1.165) is 28.6 Å². The average molecular weight is 341 g/mol. The molecule has 0 amide bonds. The number of benzene rings is 2. The van der Waals surface area contributed by atoms with Gasteiger partial charge in [-0.3, -0.25) is 0 Å². The molecule has 0 aliphatic rings. The second kappa shape index (κ2) is 6.27. The normalized spacial score (nSPS) is 10.8. The molecule has 21 heavy (non-hydrogen) atoms. The summed E-state index contributed by atoms with van der Waals surface area (Å²) in [4.78, 5) is 4.47. The molecule has 3 rings (SSSR count). The number of aromatic nitrogens is 1. The molecule has 0 atom stereocenters. The number of hydrogen-bond acceptors (Lipinski definition) is 2. The van der Waals surface area contributed by atoms with Crippen LogP contribution < -0.4 is 5.32 Å². The first kappa shape index (κ1) is 14.1. The molecule has 0 saturated carbocycles. The van der Waals surface area contributed by atoms with Gasteiger partial charge in [0.2, 0.25) is 0 Å². The quantitative estimate of drug-likeness (QED) is 0.725. The van der Waals surface area contributed by atoms with Crippen LogP contribution in [0.15, 0.2) is 59.2 Å². The second-order valence-electron chi connectivity index (χ2n) is 5.10. The Labute approximate surface area is 133 Å². The number of nitrogens with zero attached hydrogens (tertiary/aromatic N) is 1. The number of pyridine rings is 1. The lowest BCUT2D eigenvalue weighted by atomic mass is 10.1. The largest absolute Gasteiger partial charge is 0.369 e. The minimum atomic E-state index is 0.878. The summed E-state index contributed by atoms with van der Waals surface area (Å²) < 4.78 is 1.10. The zero-order valence-electron chi connectivity index (χ0n) is 11.9. The van der Waals surface area contributed by atoms with Crippen molar-refractivity contribution in [2.24, 2.45) is 0 Å². The molecule has 0 radical (unpaired) electrons. The lowest BCUT2D eigenvalue weighted by Crippen LogP contribution is -2.07. The molecule has 106 valence electrons. The summed E-state index contributed by atoms with van der Waals surface area (Å²) in [6.07, 6.45) is 2.85. The van der Waals surface area contributed by atoms with Gasteiger partial charge in [-0.05, 0) is 36.6 Å². The minimum absolute atomic E-state index is 0.878. The number of rotatable bonds is 4. The fraction of sp³-hybridized carbons (Fsp3) is 0.167. The van der Waals surface area contributed by atoms with Crippen LogP contribution in [0.25, 0.3) is 10.8 Å². The van der Waals surface area contributed by atoms with Crippen LogP contribution in [0.5, 0.6) is 0 Å². The SMILES string of the molecule is Cc1ccccc1CCNc1nccc2c(Br)cccc12. The Balaban J connectivity index is 1.77. The highest BCUT2D eigenvalue weighted by Gasteiger charge is 2.04. The van der Waals surface area contributed by atoms with Crippen LogP contribution in [0, 0.1) is 6.92 Å². The van der Waals surface area contributed by atoms with Gasteiger partial charge in [-0.1, -0.05) is 52.3 Å². The van der Waals surface area contributed by atoms with Crippen molar-refractivity contribution in [2.45, 2.75) is 13.3 Å². The summed E-state index contributed by atoms with van der Waals surface area (Å²) in [5, 5.41) is 5.79. The van der Waals surface area contributed by atoms with Gasteiger partial charge in [0.15, 0.2) is 0 Å². The number of anilines is 1. The van der Waals surface area contributed by atoms with Crippen molar-refractivity contribution in [3.8, 4) is 0 Å². The average Bonchev–Trinajstić information content (AvgIpc) is 2.50. The van der Waals surface area contributed by atoms with Crippen molar-refractivity contribution >= 4 is 32.5 Å². The van der Waals surface area contributed by atoms with Crippen molar-refractivity contribution < 1.29 is 0 Å². The van der Waals surface area contributed by atoms with Gasteiger partial charge in [0.25, 0.3) is 0 Å². The Hall–Kier alpha value is -1.87. The molecule has 3 aromatic rings. The van der Waals surface area contributed by atoms with E-state index in [4.69, 9.17) is 0 Å². The molecule has 0 aliphatic carbocycles. The van der Waals surface area contributed by atoms with E-state index < -0.39 is 0 Å². The van der Waals surface area contributed by atoms with Crippen LogP contribution >= 0.6 is 15.9 Å². The van der Waals surface area contributed by atoms with E-state index in [1.165, 1.54) is 16.5 Å². The summed E-state index contributed by atoms with van der Waals surface area (Å²) in [5.41, 5.74) is 2.72. The van der Waals surface area contributed by atoms with Gasteiger partial charge in [0.05, 0.1) is 0 Å². The first-order valence-electron chi connectivity index (χ1n) is 7.07. The van der Waals surface area contributed by atoms with Gasteiger partial charge in [0, 0.05) is 28.0 Å². The summed E-state index contributed by atoms with van der Waals surface area (Å²) >= 11 is 3.59. The highest BCUT2D eigenvalue weighted by atomic mass is 79.9. The van der Waals surface area contributed by atoms with E-state index in [-0.39, 0.29) is 0 Å². The van der Waals surface area contributed by atoms with E-state index in [9.17, 15) is 0 Å². The number of aryl methyl sites for hydroxylation is 1. The molecule has 2 aromatic carbocycles. The van der Waals surface area contributed by atoms with Crippen molar-refractivity contribution in [3.63, 3.8) is 0 Å².